The molecule has 1 rings (SSSR count). The molecule has 2 atom stereocenters. The van der Waals surface area contributed by atoms with Crippen LogP contribution >= 0.6 is 0 Å². The Morgan fingerprint density at radius 2 is 2.18 bits per heavy atom. The van der Waals surface area contributed by atoms with Crippen molar-refractivity contribution < 1.29 is 19.4 Å². The maximum atomic E-state index is 10.7. The predicted molar refractivity (Wildman–Crippen MR) is 36.2 cm³/mol. The standard InChI is InChI=1S/C7H10O4/c1-4(8)5-2-6(7(9)10)11-3-5/h5-6H,2-3H2,1H3,(H,9,10)/t5-,6-/m1/s1. The van der Waals surface area contributed by atoms with Crippen LogP contribution in [0.5, 0.6) is 0 Å². The van der Waals surface area contributed by atoms with Crippen molar-refractivity contribution >= 4 is 11.8 Å². The number of carboxylic acids is 1. The lowest BCUT2D eigenvalue weighted by Gasteiger charge is -2.00. The molecule has 1 aliphatic rings. The molecule has 1 heterocycles. The lowest BCUT2D eigenvalue weighted by molar-refractivity contribution is -0.147. The number of carboxylic acid groups (broad SMARTS) is 1. The second-order valence-electron chi connectivity index (χ2n) is 2.70. The van der Waals surface area contributed by atoms with Gasteiger partial charge in [-0.3, -0.25) is 4.79 Å². The highest BCUT2D eigenvalue weighted by Crippen LogP contribution is 2.20. The topological polar surface area (TPSA) is 63.6 Å². The van der Waals surface area contributed by atoms with Crippen LogP contribution < -0.4 is 0 Å². The van der Waals surface area contributed by atoms with Gasteiger partial charge in [-0.15, -0.1) is 0 Å². The summed E-state index contributed by atoms with van der Waals surface area (Å²) >= 11 is 0. The molecule has 0 radical (unpaired) electrons. The quantitative estimate of drug-likeness (QED) is 0.617. The van der Waals surface area contributed by atoms with E-state index in [4.69, 9.17) is 9.84 Å². The molecule has 1 aliphatic heterocycles. The van der Waals surface area contributed by atoms with E-state index in [1.165, 1.54) is 6.92 Å². The Hall–Kier alpha value is -0.900. The molecular weight excluding hydrogens is 148 g/mol. The second kappa shape index (κ2) is 3.00. The van der Waals surface area contributed by atoms with Gasteiger partial charge in [-0.1, -0.05) is 0 Å². The normalized spacial score (nSPS) is 30.3. The summed E-state index contributed by atoms with van der Waals surface area (Å²) in [6, 6.07) is 0. The number of hydrogen-bond donors (Lipinski definition) is 1. The third-order valence-electron chi connectivity index (χ3n) is 1.85. The average molecular weight is 158 g/mol. The van der Waals surface area contributed by atoms with E-state index >= 15 is 0 Å². The van der Waals surface area contributed by atoms with E-state index in [0.29, 0.717) is 6.42 Å². The van der Waals surface area contributed by atoms with Gasteiger partial charge in [-0.2, -0.15) is 0 Å². The second-order valence-corrected chi connectivity index (χ2v) is 2.70. The molecule has 11 heavy (non-hydrogen) atoms. The minimum Gasteiger partial charge on any atom is -0.479 e. The van der Waals surface area contributed by atoms with Gasteiger partial charge in [0.2, 0.25) is 0 Å². The molecular formula is C7H10O4. The van der Waals surface area contributed by atoms with E-state index in [-0.39, 0.29) is 18.3 Å². The summed E-state index contributed by atoms with van der Waals surface area (Å²) in [5.74, 6) is -1.18. The first-order valence-corrected chi connectivity index (χ1v) is 3.46. The molecule has 0 unspecified atom stereocenters. The molecule has 1 N–H and O–H groups in total. The van der Waals surface area contributed by atoms with E-state index in [1.807, 2.05) is 0 Å². The Morgan fingerprint density at radius 1 is 1.55 bits per heavy atom. The summed E-state index contributed by atoms with van der Waals surface area (Å²) in [5, 5.41) is 8.48. The van der Waals surface area contributed by atoms with E-state index in [1.54, 1.807) is 0 Å². The number of aliphatic carboxylic acids is 1. The molecule has 0 saturated carbocycles. The first kappa shape index (κ1) is 8.20. The maximum Gasteiger partial charge on any atom is 0.332 e. The van der Waals surface area contributed by atoms with Crippen molar-refractivity contribution in [2.24, 2.45) is 5.92 Å². The fraction of sp³-hybridized carbons (Fsp3) is 0.714. The van der Waals surface area contributed by atoms with Gasteiger partial charge in [0.25, 0.3) is 0 Å². The van der Waals surface area contributed by atoms with E-state index in [2.05, 4.69) is 0 Å². The number of ether oxygens (including phenoxy) is 1. The zero-order valence-electron chi connectivity index (χ0n) is 6.24. The summed E-state index contributed by atoms with van der Waals surface area (Å²) in [7, 11) is 0. The van der Waals surface area contributed by atoms with Crippen LogP contribution in [0.15, 0.2) is 0 Å². The Morgan fingerprint density at radius 3 is 2.45 bits per heavy atom. The number of ketones is 1. The van der Waals surface area contributed by atoms with Crippen molar-refractivity contribution in [3.05, 3.63) is 0 Å². The molecule has 1 saturated heterocycles. The highest BCUT2D eigenvalue weighted by Gasteiger charge is 2.32. The number of rotatable bonds is 2. The lowest BCUT2D eigenvalue weighted by atomic mass is 10.0. The Kier molecular flexibility index (Phi) is 2.24. The average Bonchev–Trinajstić information content (AvgIpc) is 2.33. The van der Waals surface area contributed by atoms with Crippen LogP contribution in [0.1, 0.15) is 13.3 Å². The van der Waals surface area contributed by atoms with Gasteiger partial charge >= 0.3 is 5.97 Å². The number of carbonyl (C=O) groups excluding carboxylic acids is 1. The molecule has 0 aromatic rings. The molecule has 4 nitrogen and oxygen atoms in total. The van der Waals surface area contributed by atoms with Crippen molar-refractivity contribution in [2.75, 3.05) is 6.61 Å². The van der Waals surface area contributed by atoms with Gasteiger partial charge in [0.15, 0.2) is 6.10 Å². The number of carbonyl (C=O) groups is 2. The predicted octanol–water partition coefficient (Wildman–Crippen LogP) is 0.0651. The highest BCUT2D eigenvalue weighted by atomic mass is 16.5. The first-order valence-electron chi connectivity index (χ1n) is 3.46. The van der Waals surface area contributed by atoms with Crippen LogP contribution in [0.2, 0.25) is 0 Å². The molecule has 0 amide bonds. The molecule has 0 aromatic heterocycles. The Labute approximate surface area is 64.2 Å². The van der Waals surface area contributed by atoms with Crippen molar-refractivity contribution in [3.8, 4) is 0 Å². The van der Waals surface area contributed by atoms with Gasteiger partial charge in [-0.25, -0.2) is 4.79 Å². The maximum absolute atomic E-state index is 10.7. The summed E-state index contributed by atoms with van der Waals surface area (Å²) in [6.07, 6.45) is -0.450. The van der Waals surface area contributed by atoms with Crippen LogP contribution in [0.25, 0.3) is 0 Å². The molecule has 4 heteroatoms. The van der Waals surface area contributed by atoms with Crippen molar-refractivity contribution in [1.29, 1.82) is 0 Å². The molecule has 1 fully saturated rings. The van der Waals surface area contributed by atoms with Crippen LogP contribution in [0, 0.1) is 5.92 Å². The zero-order chi connectivity index (χ0) is 8.43. The SMILES string of the molecule is CC(=O)[C@H]1CO[C@@H](C(=O)O)C1. The summed E-state index contributed by atoms with van der Waals surface area (Å²) in [5.41, 5.74) is 0. The molecule has 62 valence electrons. The fourth-order valence-corrected chi connectivity index (χ4v) is 1.08. The molecule has 0 spiro atoms. The smallest absolute Gasteiger partial charge is 0.332 e. The van der Waals surface area contributed by atoms with Crippen molar-refractivity contribution in [2.45, 2.75) is 19.4 Å². The first-order chi connectivity index (χ1) is 5.11. The van der Waals surface area contributed by atoms with Crippen LogP contribution in [0.4, 0.5) is 0 Å². The molecule has 0 aromatic carbocycles. The lowest BCUT2D eigenvalue weighted by Crippen LogP contribution is -2.18. The Balaban J connectivity index is 2.47. The van der Waals surface area contributed by atoms with Gasteiger partial charge in [0.05, 0.1) is 6.61 Å². The van der Waals surface area contributed by atoms with Crippen LogP contribution in [-0.4, -0.2) is 29.6 Å². The van der Waals surface area contributed by atoms with Crippen LogP contribution in [-0.2, 0) is 14.3 Å². The number of hydrogen-bond acceptors (Lipinski definition) is 3. The van der Waals surface area contributed by atoms with Crippen LogP contribution in [0.3, 0.4) is 0 Å². The van der Waals surface area contributed by atoms with E-state index in [9.17, 15) is 9.59 Å². The largest absolute Gasteiger partial charge is 0.479 e. The fourth-order valence-electron chi connectivity index (χ4n) is 1.08. The minimum atomic E-state index is -0.978. The third kappa shape index (κ3) is 1.77. The minimum absolute atomic E-state index is 0.00810. The van der Waals surface area contributed by atoms with E-state index in [0.717, 1.165) is 0 Å². The Bertz CT molecular complexity index is 167. The monoisotopic (exact) mass is 158 g/mol. The summed E-state index contributed by atoms with van der Waals surface area (Å²) in [4.78, 5) is 21.1. The highest BCUT2D eigenvalue weighted by molar-refractivity contribution is 5.81. The van der Waals surface area contributed by atoms with Gasteiger partial charge < -0.3 is 9.84 Å². The summed E-state index contributed by atoms with van der Waals surface area (Å²) < 4.78 is 4.87. The third-order valence-corrected chi connectivity index (χ3v) is 1.85. The van der Waals surface area contributed by atoms with Gasteiger partial charge in [-0.05, 0) is 13.3 Å². The molecule has 0 bridgehead atoms. The van der Waals surface area contributed by atoms with Crippen molar-refractivity contribution in [1.82, 2.24) is 0 Å². The van der Waals surface area contributed by atoms with E-state index < -0.39 is 12.1 Å². The number of Topliss-reactive ketones (excluding diaryl/α,β-unsaturated/α-hetero) is 1. The molecule has 0 aliphatic carbocycles. The van der Waals surface area contributed by atoms with Gasteiger partial charge in [0, 0.05) is 5.92 Å². The van der Waals surface area contributed by atoms with Crippen molar-refractivity contribution in [3.63, 3.8) is 0 Å². The summed E-state index contributed by atoms with van der Waals surface area (Å²) in [6.45, 7) is 1.71. The zero-order valence-corrected chi connectivity index (χ0v) is 6.24. The van der Waals surface area contributed by atoms with Gasteiger partial charge in [0.1, 0.15) is 5.78 Å².